The van der Waals surface area contributed by atoms with Gasteiger partial charge in [-0.05, 0) is 51.4 Å². The van der Waals surface area contributed by atoms with Crippen molar-refractivity contribution in [3.8, 4) is 0 Å². The monoisotopic (exact) mass is 1170 g/mol. The first-order valence-electron chi connectivity index (χ1n) is 36.0. The molecule has 0 spiro atoms. The summed E-state index contributed by atoms with van der Waals surface area (Å²) in [6.45, 7) is 4.83. The summed E-state index contributed by atoms with van der Waals surface area (Å²) in [7, 11) is 1.63. The van der Waals surface area contributed by atoms with E-state index in [-0.39, 0.29) is 19.1 Å². The predicted molar refractivity (Wildman–Crippen MR) is 360 cm³/mol. The molecule has 0 saturated heterocycles. The second-order valence-corrected chi connectivity index (χ2v) is 27.4. The highest BCUT2D eigenvalue weighted by Crippen LogP contribution is 2.43. The molecule has 484 valence electrons. The molecule has 0 aromatic rings. The van der Waals surface area contributed by atoms with Crippen molar-refractivity contribution in [2.24, 2.45) is 0 Å². The molecule has 3 unspecified atom stereocenters. The van der Waals surface area contributed by atoms with Crippen molar-refractivity contribution in [1.29, 1.82) is 0 Å². The Morgan fingerprint density at radius 1 is 0.427 bits per heavy atom. The van der Waals surface area contributed by atoms with Gasteiger partial charge in [-0.3, -0.25) is 13.8 Å². The van der Waals surface area contributed by atoms with Crippen molar-refractivity contribution in [3.63, 3.8) is 0 Å². The van der Waals surface area contributed by atoms with E-state index >= 15 is 0 Å². The zero-order valence-electron chi connectivity index (χ0n) is 55.5. The maximum Gasteiger partial charge on any atom is 0.472 e. The number of nitrogens with one attached hydrogen (secondary N) is 1. The van der Waals surface area contributed by atoms with Gasteiger partial charge >= 0.3 is 7.82 Å². The molecule has 1 amide bonds. The van der Waals surface area contributed by atoms with E-state index in [0.717, 1.165) is 64.2 Å². The smallest absolute Gasteiger partial charge is 0.391 e. The summed E-state index contributed by atoms with van der Waals surface area (Å²) in [5.74, 6) is -0.136. The summed E-state index contributed by atoms with van der Waals surface area (Å²) in [6.07, 6.45) is 86.6. The molecular weight excluding hydrogens is 1030 g/mol. The van der Waals surface area contributed by atoms with Crippen molar-refractivity contribution in [3.05, 3.63) is 48.6 Å². The summed E-state index contributed by atoms with van der Waals surface area (Å²) in [4.78, 5) is 23.5. The van der Waals surface area contributed by atoms with E-state index in [0.29, 0.717) is 23.9 Å². The minimum absolute atomic E-state index is 0.0771. The minimum Gasteiger partial charge on any atom is -0.391 e. The Morgan fingerprint density at radius 3 is 1.07 bits per heavy atom. The highest BCUT2D eigenvalue weighted by Gasteiger charge is 2.28. The Kier molecular flexibility index (Phi) is 62.7. The average molecular weight is 1170 g/mol. The molecule has 0 heterocycles. The van der Waals surface area contributed by atoms with Crippen LogP contribution in [0.2, 0.25) is 0 Å². The first kappa shape index (κ1) is 80.5. The van der Waals surface area contributed by atoms with E-state index in [1.807, 2.05) is 21.1 Å². The number of phosphoric ester groups is 1. The number of nitrogens with zero attached hydrogens (tertiary/aromatic N) is 1. The van der Waals surface area contributed by atoms with Gasteiger partial charge in [0.05, 0.1) is 39.9 Å². The Balaban J connectivity index is 3.90. The third kappa shape index (κ3) is 66.0. The lowest BCUT2D eigenvalue weighted by atomic mass is 10.0. The number of phosphoric acid groups is 1. The fourth-order valence-corrected chi connectivity index (χ4v) is 11.8. The maximum atomic E-state index is 13.1. The van der Waals surface area contributed by atoms with Crippen LogP contribution >= 0.6 is 7.82 Å². The number of carbonyl (C=O) groups is 1. The Hall–Kier alpha value is -1.54. The number of aliphatic hydroxyl groups is 1. The maximum absolute atomic E-state index is 13.1. The predicted octanol–water partition coefficient (Wildman–Crippen LogP) is 23.0. The first-order valence-corrected chi connectivity index (χ1v) is 37.5. The molecule has 9 heteroatoms. The Bertz CT molecular complexity index is 1480. The molecule has 0 rings (SSSR count). The number of quaternary nitrogens is 1. The molecule has 0 saturated carbocycles. The number of amides is 1. The Labute approximate surface area is 511 Å². The second kappa shape index (κ2) is 63.9. The van der Waals surface area contributed by atoms with Crippen LogP contribution in [0.25, 0.3) is 0 Å². The second-order valence-electron chi connectivity index (χ2n) is 25.9. The normalized spacial score (nSPS) is 13.9. The van der Waals surface area contributed by atoms with Crippen LogP contribution in [-0.2, 0) is 18.4 Å². The van der Waals surface area contributed by atoms with Gasteiger partial charge in [0.2, 0.25) is 5.91 Å². The molecule has 82 heavy (non-hydrogen) atoms. The summed E-state index contributed by atoms with van der Waals surface area (Å²) >= 11 is 0. The molecule has 0 aliphatic carbocycles. The third-order valence-corrected chi connectivity index (χ3v) is 17.6. The average Bonchev–Trinajstić information content (AvgIpc) is 3.46. The zero-order valence-corrected chi connectivity index (χ0v) is 56.4. The quantitative estimate of drug-likeness (QED) is 0.0243. The number of carbonyl (C=O) groups excluding carboxylic acids is 1. The van der Waals surface area contributed by atoms with Gasteiger partial charge in [-0.15, -0.1) is 0 Å². The van der Waals surface area contributed by atoms with E-state index in [1.54, 1.807) is 0 Å². The lowest BCUT2D eigenvalue weighted by Gasteiger charge is -2.26. The van der Waals surface area contributed by atoms with Crippen LogP contribution in [0.1, 0.15) is 361 Å². The molecule has 0 aliphatic rings. The fraction of sp³-hybridized carbons (Fsp3) is 0.877. The van der Waals surface area contributed by atoms with Crippen molar-refractivity contribution in [2.45, 2.75) is 373 Å². The van der Waals surface area contributed by atoms with Crippen LogP contribution in [0, 0.1) is 0 Å². The van der Waals surface area contributed by atoms with Gasteiger partial charge in [-0.25, -0.2) is 4.57 Å². The molecule has 3 atom stereocenters. The van der Waals surface area contributed by atoms with Crippen LogP contribution in [0.15, 0.2) is 48.6 Å². The molecule has 3 N–H and O–H groups in total. The van der Waals surface area contributed by atoms with Crippen LogP contribution in [-0.4, -0.2) is 73.4 Å². The lowest BCUT2D eigenvalue weighted by Crippen LogP contribution is -2.46. The number of rotatable bonds is 67. The number of unbranched alkanes of at least 4 members (excludes halogenated alkanes) is 46. The number of likely N-dealkylation sites (N-methyl/N-ethyl adjacent to an activating group) is 1. The standard InChI is InChI=1S/C73H141N2O6P/c1-6-8-10-12-14-16-18-20-22-24-26-28-29-30-31-32-33-34-35-36-37-38-39-40-41-42-43-44-45-47-49-51-53-55-57-59-61-63-65-67-73(77)74-71(70-81-82(78,79)80-69-68-75(3,4)5)72(76)66-64-62-60-58-56-54-52-50-48-46-27-25-23-21-19-17-15-13-11-9-7-2/h8,10,14,16,20,22,26,28,71-72,76H,6-7,9,11-13,15,17-19,21,23-25,27,29-70H2,1-5H3,(H-,74,77,78,79)/p+1/b10-8-,16-14-,22-20-,28-26-. The Morgan fingerprint density at radius 2 is 0.732 bits per heavy atom. The van der Waals surface area contributed by atoms with Gasteiger partial charge in [-0.1, -0.05) is 351 Å². The number of allylic oxidation sites excluding steroid dienone is 8. The van der Waals surface area contributed by atoms with Gasteiger partial charge in [0.25, 0.3) is 0 Å². The van der Waals surface area contributed by atoms with Gasteiger partial charge < -0.3 is 19.8 Å². The minimum atomic E-state index is -4.33. The third-order valence-electron chi connectivity index (χ3n) is 16.6. The van der Waals surface area contributed by atoms with Crippen molar-refractivity contribution in [1.82, 2.24) is 5.32 Å². The molecule has 0 aromatic carbocycles. The van der Waals surface area contributed by atoms with Crippen molar-refractivity contribution < 1.29 is 32.9 Å². The van der Waals surface area contributed by atoms with E-state index in [4.69, 9.17) is 9.05 Å². The van der Waals surface area contributed by atoms with Crippen LogP contribution < -0.4 is 5.32 Å². The number of aliphatic hydroxyl groups excluding tert-OH is 1. The largest absolute Gasteiger partial charge is 0.472 e. The molecule has 0 fully saturated rings. The van der Waals surface area contributed by atoms with Crippen LogP contribution in [0.5, 0.6) is 0 Å². The summed E-state index contributed by atoms with van der Waals surface area (Å²) in [6, 6.07) is -0.760. The summed E-state index contributed by atoms with van der Waals surface area (Å²) in [5, 5.41) is 14.1. The fourth-order valence-electron chi connectivity index (χ4n) is 11.0. The van der Waals surface area contributed by atoms with Gasteiger partial charge in [0.1, 0.15) is 13.2 Å². The summed E-state index contributed by atoms with van der Waals surface area (Å²) < 4.78 is 23.9. The van der Waals surface area contributed by atoms with E-state index < -0.39 is 20.0 Å². The SMILES string of the molecule is CC/C=C\C/C=C\C/C=C\C/C=C\CCCCCCCCCCCCCCCCCCCCCCCCCCCCC(=O)NC(COP(=O)(O)OCC[N+](C)(C)C)C(O)CCCCCCCCCCCCCCCCCCCCCCC. The highest BCUT2D eigenvalue weighted by molar-refractivity contribution is 7.47. The van der Waals surface area contributed by atoms with Gasteiger partial charge in [0.15, 0.2) is 0 Å². The van der Waals surface area contributed by atoms with Crippen LogP contribution in [0.3, 0.4) is 0 Å². The van der Waals surface area contributed by atoms with Crippen molar-refractivity contribution in [2.75, 3.05) is 40.9 Å². The van der Waals surface area contributed by atoms with Gasteiger partial charge in [-0.2, -0.15) is 0 Å². The lowest BCUT2D eigenvalue weighted by molar-refractivity contribution is -0.870. The molecule has 0 aromatic heterocycles. The molecule has 0 aliphatic heterocycles. The zero-order chi connectivity index (χ0) is 59.8. The topological polar surface area (TPSA) is 105 Å². The van der Waals surface area contributed by atoms with Gasteiger partial charge in [0, 0.05) is 6.42 Å². The number of hydrogen-bond acceptors (Lipinski definition) is 5. The molecular formula is C73H142N2O6P+. The molecule has 0 radical (unpaired) electrons. The van der Waals surface area contributed by atoms with E-state index in [1.165, 1.54) is 270 Å². The highest BCUT2D eigenvalue weighted by atomic mass is 31.2. The van der Waals surface area contributed by atoms with Crippen LogP contribution in [0.4, 0.5) is 0 Å². The van der Waals surface area contributed by atoms with E-state index in [2.05, 4.69) is 67.8 Å². The first-order chi connectivity index (χ1) is 40.0. The summed E-state index contributed by atoms with van der Waals surface area (Å²) in [5.41, 5.74) is 0. The molecule has 8 nitrogen and oxygen atoms in total. The molecule has 0 bridgehead atoms. The number of hydrogen-bond donors (Lipinski definition) is 3. The van der Waals surface area contributed by atoms with E-state index in [9.17, 15) is 19.4 Å². The van der Waals surface area contributed by atoms with Crippen molar-refractivity contribution >= 4 is 13.7 Å².